The molecule has 9 nitrogen and oxygen atoms in total. The second-order valence-corrected chi connectivity index (χ2v) is 26.1. The molecule has 0 rings (SSSR count). The van der Waals surface area contributed by atoms with Gasteiger partial charge < -0.3 is 28.5 Å². The van der Waals surface area contributed by atoms with E-state index in [9.17, 15) is 19.0 Å². The number of phosphoric acid groups is 1. The van der Waals surface area contributed by atoms with Gasteiger partial charge in [-0.15, -0.1) is 0 Å². The lowest BCUT2D eigenvalue weighted by atomic mass is 10.0. The van der Waals surface area contributed by atoms with Gasteiger partial charge in [0, 0.05) is 12.8 Å². The van der Waals surface area contributed by atoms with Crippen LogP contribution in [0.3, 0.4) is 0 Å². The molecule has 478 valence electrons. The van der Waals surface area contributed by atoms with Crippen molar-refractivity contribution >= 4 is 19.7 Å². The first-order chi connectivity index (χ1) is 39.9. The zero-order valence-electron chi connectivity index (χ0n) is 54.7. The van der Waals surface area contributed by atoms with Crippen LogP contribution in [0.4, 0.5) is 0 Å². The molecule has 3 unspecified atom stereocenters. The Morgan fingerprint density at radius 3 is 1.17 bits per heavy atom. The van der Waals surface area contributed by atoms with E-state index < -0.39 is 32.5 Å². The first kappa shape index (κ1) is 79.5. The Kier molecular flexibility index (Phi) is 59.6. The number of phosphoric ester groups is 1. The number of nitrogens with zero attached hydrogens (tertiary/aromatic N) is 1. The van der Waals surface area contributed by atoms with Crippen LogP contribution in [0.5, 0.6) is 0 Å². The highest BCUT2D eigenvalue weighted by atomic mass is 31.2. The molecule has 0 aliphatic heterocycles. The number of carbonyl (C=O) groups excluding carboxylic acids is 2. The van der Waals surface area contributed by atoms with E-state index in [1.54, 1.807) is 0 Å². The van der Waals surface area contributed by atoms with Crippen molar-refractivity contribution < 1.29 is 37.3 Å². The summed E-state index contributed by atoms with van der Waals surface area (Å²) in [6.07, 6.45) is 80.4. The molecular formula is C72H133N2O7P. The van der Waals surface area contributed by atoms with Crippen molar-refractivity contribution in [3.8, 4) is 0 Å². The van der Waals surface area contributed by atoms with Gasteiger partial charge in [0.15, 0.2) is 0 Å². The Labute approximate surface area is 508 Å². The fraction of sp³-hybridized carbons (Fsp3) is 0.806. The second kappa shape index (κ2) is 61.5. The van der Waals surface area contributed by atoms with Gasteiger partial charge in [0.1, 0.15) is 19.3 Å². The van der Waals surface area contributed by atoms with Crippen LogP contribution in [0, 0.1) is 0 Å². The Balaban J connectivity index is 5.07. The zero-order chi connectivity index (χ0) is 60.0. The van der Waals surface area contributed by atoms with Gasteiger partial charge in [-0.05, 0) is 96.0 Å². The van der Waals surface area contributed by atoms with Crippen LogP contribution in [0.1, 0.15) is 323 Å². The van der Waals surface area contributed by atoms with Crippen molar-refractivity contribution in [2.45, 2.75) is 335 Å². The van der Waals surface area contributed by atoms with Crippen LogP contribution in [0.25, 0.3) is 0 Å². The molecule has 0 aliphatic carbocycles. The van der Waals surface area contributed by atoms with E-state index >= 15 is 0 Å². The second-order valence-electron chi connectivity index (χ2n) is 24.7. The summed E-state index contributed by atoms with van der Waals surface area (Å²) < 4.78 is 30.3. The van der Waals surface area contributed by atoms with Gasteiger partial charge in [0.05, 0.1) is 33.8 Å². The topological polar surface area (TPSA) is 114 Å². The Morgan fingerprint density at radius 1 is 0.427 bits per heavy atom. The van der Waals surface area contributed by atoms with E-state index in [1.165, 1.54) is 218 Å². The quantitative estimate of drug-likeness (QED) is 0.0212. The predicted molar refractivity (Wildman–Crippen MR) is 353 cm³/mol. The Hall–Kier alpha value is -2.55. The molecule has 3 atom stereocenters. The molecule has 0 aromatic rings. The SMILES string of the molecule is CCCCC/C=C\C/C=C\C/C=C\C/C=C\CCCC(=O)OC(/C=C\CCCCCCCCCCCC)C(COP(=O)([O-])OCC[N+](C)(C)C)NC(=O)CCCCCCCCCCCCCCCCCCC/C=C/CCCCCCCC. The summed E-state index contributed by atoms with van der Waals surface area (Å²) in [6, 6.07) is -0.912. The lowest BCUT2D eigenvalue weighted by Gasteiger charge is -2.30. The van der Waals surface area contributed by atoms with Gasteiger partial charge in [0.2, 0.25) is 5.91 Å². The van der Waals surface area contributed by atoms with Crippen LogP contribution in [0.15, 0.2) is 72.9 Å². The molecule has 0 saturated carbocycles. The van der Waals surface area contributed by atoms with Crippen LogP contribution in [0.2, 0.25) is 0 Å². The van der Waals surface area contributed by atoms with E-state index in [1.807, 2.05) is 33.3 Å². The summed E-state index contributed by atoms with van der Waals surface area (Å²) in [5, 5.41) is 3.03. The van der Waals surface area contributed by atoms with E-state index in [0.29, 0.717) is 23.9 Å². The van der Waals surface area contributed by atoms with Crippen molar-refractivity contribution in [3.63, 3.8) is 0 Å². The fourth-order valence-corrected chi connectivity index (χ4v) is 10.7. The molecule has 0 heterocycles. The van der Waals surface area contributed by atoms with Crippen molar-refractivity contribution in [3.05, 3.63) is 72.9 Å². The minimum atomic E-state index is -4.72. The first-order valence-electron chi connectivity index (χ1n) is 34.7. The number of esters is 1. The lowest BCUT2D eigenvalue weighted by molar-refractivity contribution is -0.870. The molecule has 0 radical (unpaired) electrons. The van der Waals surface area contributed by atoms with Crippen LogP contribution in [-0.2, 0) is 27.9 Å². The van der Waals surface area contributed by atoms with Crippen molar-refractivity contribution in [2.75, 3.05) is 40.9 Å². The van der Waals surface area contributed by atoms with Crippen molar-refractivity contribution in [1.29, 1.82) is 0 Å². The maximum atomic E-state index is 13.6. The molecule has 1 amide bonds. The van der Waals surface area contributed by atoms with Gasteiger partial charge >= 0.3 is 5.97 Å². The molecule has 10 heteroatoms. The van der Waals surface area contributed by atoms with Gasteiger partial charge in [0.25, 0.3) is 7.82 Å². The third-order valence-electron chi connectivity index (χ3n) is 15.4. The van der Waals surface area contributed by atoms with Crippen molar-refractivity contribution in [2.24, 2.45) is 0 Å². The number of ether oxygens (including phenoxy) is 1. The highest BCUT2D eigenvalue weighted by molar-refractivity contribution is 7.45. The van der Waals surface area contributed by atoms with Crippen LogP contribution < -0.4 is 10.2 Å². The Morgan fingerprint density at radius 2 is 0.756 bits per heavy atom. The average Bonchev–Trinajstić information content (AvgIpc) is 3.44. The molecule has 0 fully saturated rings. The number of hydrogen-bond acceptors (Lipinski definition) is 7. The summed E-state index contributed by atoms with van der Waals surface area (Å²) in [5.41, 5.74) is 0. The lowest BCUT2D eigenvalue weighted by Crippen LogP contribution is -2.47. The number of likely N-dealkylation sites (N-methyl/N-ethyl adjacent to an activating group) is 1. The molecular weight excluding hydrogens is 1040 g/mol. The highest BCUT2D eigenvalue weighted by Gasteiger charge is 2.27. The molecule has 82 heavy (non-hydrogen) atoms. The number of allylic oxidation sites excluding steroid dienone is 11. The highest BCUT2D eigenvalue weighted by Crippen LogP contribution is 2.38. The number of rotatable bonds is 63. The van der Waals surface area contributed by atoms with Crippen molar-refractivity contribution in [1.82, 2.24) is 5.32 Å². The third-order valence-corrected chi connectivity index (χ3v) is 16.3. The molecule has 0 bridgehead atoms. The molecule has 0 spiro atoms. The molecule has 0 saturated heterocycles. The number of hydrogen-bond donors (Lipinski definition) is 1. The summed E-state index contributed by atoms with van der Waals surface area (Å²) in [4.78, 5) is 40.1. The summed E-state index contributed by atoms with van der Waals surface area (Å²) in [6.45, 7) is 6.80. The maximum absolute atomic E-state index is 13.6. The smallest absolute Gasteiger partial charge is 0.306 e. The summed E-state index contributed by atoms with van der Waals surface area (Å²) >= 11 is 0. The standard InChI is InChI=1S/C72H133N2O7P/c1-7-10-13-16-19-22-25-28-30-32-33-34-35-36-37-38-39-40-41-43-44-46-49-52-55-58-61-64-71(75)73-69(68-80-82(77,78)79-67-66-74(4,5)6)70(63-60-57-54-51-48-27-24-21-18-15-12-9-3)81-72(76)65-62-59-56-53-50-47-45-42-31-29-26-23-20-17-14-11-8-2/h20,23,28-31,45,47,53,56,60,63,69-70H,7-19,21-22,24-27,32-44,46,48-52,54-55,57-59,61-62,64-68H2,1-6H3,(H-,73,75,77,78)/b23-20-,30-28+,31-29-,47-45-,56-53-,63-60-. The average molecular weight is 1170 g/mol. The van der Waals surface area contributed by atoms with Crippen LogP contribution in [-0.4, -0.2) is 69.4 Å². The predicted octanol–water partition coefficient (Wildman–Crippen LogP) is 21.3. The van der Waals surface area contributed by atoms with Gasteiger partial charge in [-0.25, -0.2) is 0 Å². The number of carbonyl (C=O) groups is 2. The van der Waals surface area contributed by atoms with E-state index in [2.05, 4.69) is 86.8 Å². The summed E-state index contributed by atoms with van der Waals surface area (Å²) in [7, 11) is 1.16. The zero-order valence-corrected chi connectivity index (χ0v) is 55.6. The molecule has 0 aromatic carbocycles. The molecule has 0 aromatic heterocycles. The van der Waals surface area contributed by atoms with Gasteiger partial charge in [-0.3, -0.25) is 14.2 Å². The molecule has 0 aliphatic rings. The number of amides is 1. The first-order valence-corrected chi connectivity index (χ1v) is 36.2. The Bertz CT molecular complexity index is 1630. The third kappa shape index (κ3) is 62.0. The monoisotopic (exact) mass is 1170 g/mol. The number of quaternary nitrogens is 1. The molecule has 1 N–H and O–H groups in total. The largest absolute Gasteiger partial charge is 0.756 e. The maximum Gasteiger partial charge on any atom is 0.306 e. The van der Waals surface area contributed by atoms with Gasteiger partial charge in [-0.2, -0.15) is 0 Å². The van der Waals surface area contributed by atoms with E-state index in [-0.39, 0.29) is 18.9 Å². The minimum Gasteiger partial charge on any atom is -0.756 e. The van der Waals surface area contributed by atoms with Crippen LogP contribution >= 0.6 is 7.82 Å². The normalized spacial score (nSPS) is 14.0. The number of nitrogens with one attached hydrogen (secondary N) is 1. The van der Waals surface area contributed by atoms with Gasteiger partial charge in [-0.1, -0.05) is 287 Å². The fourth-order valence-electron chi connectivity index (χ4n) is 9.98. The van der Waals surface area contributed by atoms with E-state index in [4.69, 9.17) is 13.8 Å². The van der Waals surface area contributed by atoms with E-state index in [0.717, 1.165) is 64.2 Å². The minimum absolute atomic E-state index is 0.0314. The number of unbranched alkanes of at least 4 members (excludes halogenated alkanes) is 37. The summed E-state index contributed by atoms with van der Waals surface area (Å²) in [5.74, 6) is -0.598.